The minimum absolute atomic E-state index is 0.0585. The molecule has 2 bridgehead atoms. The van der Waals surface area contributed by atoms with Crippen LogP contribution in [0.3, 0.4) is 0 Å². The fourth-order valence-corrected chi connectivity index (χ4v) is 9.89. The lowest BCUT2D eigenvalue weighted by Crippen LogP contribution is -2.58. The molecule has 6 atom stereocenters. The van der Waals surface area contributed by atoms with Gasteiger partial charge in [-0.25, -0.2) is 0 Å². The third-order valence-electron chi connectivity index (χ3n) is 9.25. The van der Waals surface area contributed by atoms with Crippen LogP contribution in [0.2, 0.25) is 0 Å². The van der Waals surface area contributed by atoms with Crippen LogP contribution in [0.5, 0.6) is 0 Å². The predicted octanol–water partition coefficient (Wildman–Crippen LogP) is 4.64. The zero-order valence-corrected chi connectivity index (χ0v) is 25.4. The van der Waals surface area contributed by atoms with Gasteiger partial charge in [-0.2, -0.15) is 0 Å². The maximum atomic E-state index is 15.0. The molecule has 1 N–H and O–H groups in total. The van der Waals surface area contributed by atoms with Gasteiger partial charge in [-0.1, -0.05) is 67.3 Å². The highest BCUT2D eigenvalue weighted by atomic mass is 32.2. The molecule has 0 aliphatic carbocycles. The Hall–Kier alpha value is -3.36. The average Bonchev–Trinajstić information content (AvgIpc) is 3.55. The lowest BCUT2D eigenvalue weighted by molar-refractivity contribution is -0.155. The van der Waals surface area contributed by atoms with E-state index >= 15 is 4.79 Å². The lowest BCUT2D eigenvalue weighted by atomic mass is 9.66. The minimum atomic E-state index is -0.876. The first-order valence-electron chi connectivity index (χ1n) is 14.6. The van der Waals surface area contributed by atoms with Crippen molar-refractivity contribution in [3.05, 3.63) is 90.5 Å². The first kappa shape index (κ1) is 30.1. The van der Waals surface area contributed by atoms with E-state index in [1.807, 2.05) is 69.3 Å². The number of anilines is 1. The molecule has 2 unspecified atom stereocenters. The van der Waals surface area contributed by atoms with Crippen LogP contribution in [-0.4, -0.2) is 69.1 Å². The summed E-state index contributed by atoms with van der Waals surface area (Å²) in [6.45, 7) is 13.6. The molecular weight excluding hydrogens is 548 g/mol. The second-order valence-corrected chi connectivity index (χ2v) is 13.8. The highest BCUT2D eigenvalue weighted by Crippen LogP contribution is 2.72. The van der Waals surface area contributed by atoms with Crippen LogP contribution < -0.4 is 4.90 Å². The van der Waals surface area contributed by atoms with Crippen molar-refractivity contribution < 1.29 is 24.2 Å². The number of nitrogens with zero attached hydrogens (tertiary/aromatic N) is 2. The van der Waals surface area contributed by atoms with Crippen LogP contribution >= 0.6 is 11.8 Å². The molecule has 3 aliphatic rings. The summed E-state index contributed by atoms with van der Waals surface area (Å²) >= 11 is 1.59. The van der Waals surface area contributed by atoms with Crippen molar-refractivity contribution in [3.63, 3.8) is 0 Å². The largest absolute Gasteiger partial charge is 0.461 e. The number of para-hydroxylation sites is 1. The van der Waals surface area contributed by atoms with Crippen molar-refractivity contribution in [2.24, 2.45) is 11.8 Å². The number of esters is 1. The first-order valence-corrected chi connectivity index (χ1v) is 15.4. The SMILES string of the molecule is C=CCOC(=O)[C@@H]1[C@H]2C(=O)N([C@@H](CO)Cc3ccccc3)C(C(=O)N(CC=C)c3c(C)cccc3C)C23CC[C@@]1(C)S3. The Kier molecular flexibility index (Phi) is 8.41. The summed E-state index contributed by atoms with van der Waals surface area (Å²) in [6, 6.07) is 14.0. The van der Waals surface area contributed by atoms with Gasteiger partial charge in [0.15, 0.2) is 0 Å². The molecule has 0 saturated carbocycles. The van der Waals surface area contributed by atoms with Gasteiger partial charge >= 0.3 is 5.97 Å². The van der Waals surface area contributed by atoms with Crippen molar-refractivity contribution in [2.45, 2.75) is 61.6 Å². The number of aliphatic hydroxyl groups excluding tert-OH is 1. The molecule has 5 rings (SSSR count). The molecule has 222 valence electrons. The van der Waals surface area contributed by atoms with E-state index in [9.17, 15) is 14.7 Å². The van der Waals surface area contributed by atoms with Crippen LogP contribution in [-0.2, 0) is 25.5 Å². The molecule has 0 radical (unpaired) electrons. The lowest BCUT2D eigenvalue weighted by Gasteiger charge is -2.40. The molecule has 2 aromatic rings. The van der Waals surface area contributed by atoms with Gasteiger partial charge in [0.05, 0.1) is 29.2 Å². The third-order valence-corrected chi connectivity index (χ3v) is 11.2. The Labute approximate surface area is 252 Å². The summed E-state index contributed by atoms with van der Waals surface area (Å²) in [5, 5.41) is 10.7. The Bertz CT molecular complexity index is 1380. The maximum Gasteiger partial charge on any atom is 0.311 e. The van der Waals surface area contributed by atoms with Crippen LogP contribution in [0.1, 0.15) is 36.5 Å². The number of benzene rings is 2. The van der Waals surface area contributed by atoms with E-state index in [-0.39, 0.29) is 31.6 Å². The van der Waals surface area contributed by atoms with E-state index in [4.69, 9.17) is 4.74 Å². The van der Waals surface area contributed by atoms with E-state index < -0.39 is 39.4 Å². The van der Waals surface area contributed by atoms with Gasteiger partial charge in [0.2, 0.25) is 5.91 Å². The number of carbonyl (C=O) groups excluding carboxylic acids is 3. The maximum absolute atomic E-state index is 15.0. The standard InChI is InChI=1S/C34H40N2O5S/c1-6-18-35(28-22(3)12-11-13-23(28)4)31(39)29-34-17-16-33(5,42-34)27(32(40)41-19-7-2)26(34)30(38)36(29)25(21-37)20-24-14-9-8-10-15-24/h6-15,25-27,29,37H,1-2,16-21H2,3-5H3/t25-,26+,27+,29?,33-,34?/m1/s1. The molecule has 3 aliphatic heterocycles. The van der Waals surface area contributed by atoms with Crippen molar-refractivity contribution in [3.8, 4) is 0 Å². The molecule has 0 aromatic heterocycles. The van der Waals surface area contributed by atoms with E-state index in [1.54, 1.807) is 27.6 Å². The molecule has 7 nitrogen and oxygen atoms in total. The van der Waals surface area contributed by atoms with Crippen molar-refractivity contribution in [2.75, 3.05) is 24.7 Å². The number of aliphatic hydroxyl groups is 1. The Morgan fingerprint density at radius 2 is 1.81 bits per heavy atom. The van der Waals surface area contributed by atoms with E-state index in [1.165, 1.54) is 6.08 Å². The zero-order valence-electron chi connectivity index (χ0n) is 24.6. The topological polar surface area (TPSA) is 87.1 Å². The second-order valence-electron chi connectivity index (χ2n) is 11.9. The van der Waals surface area contributed by atoms with Gasteiger partial charge in [0.1, 0.15) is 12.6 Å². The van der Waals surface area contributed by atoms with Gasteiger partial charge < -0.3 is 19.6 Å². The van der Waals surface area contributed by atoms with Gasteiger partial charge in [-0.15, -0.1) is 18.3 Å². The molecule has 3 heterocycles. The summed E-state index contributed by atoms with van der Waals surface area (Å²) in [4.78, 5) is 46.5. The van der Waals surface area contributed by atoms with Crippen molar-refractivity contribution >= 4 is 35.2 Å². The number of aryl methyl sites for hydroxylation is 2. The monoisotopic (exact) mass is 588 g/mol. The summed E-state index contributed by atoms with van der Waals surface area (Å²) in [5.41, 5.74) is 3.64. The quantitative estimate of drug-likeness (QED) is 0.304. The summed E-state index contributed by atoms with van der Waals surface area (Å²) in [6.07, 6.45) is 4.89. The van der Waals surface area contributed by atoms with Gasteiger partial charge in [-0.05, 0) is 56.7 Å². The van der Waals surface area contributed by atoms with E-state index in [0.29, 0.717) is 19.3 Å². The Balaban J connectivity index is 1.65. The number of fused-ring (bicyclic) bond motifs is 1. The van der Waals surface area contributed by atoms with Crippen molar-refractivity contribution in [1.29, 1.82) is 0 Å². The summed E-state index contributed by atoms with van der Waals surface area (Å²) < 4.78 is 4.17. The number of carbonyl (C=O) groups is 3. The number of hydrogen-bond acceptors (Lipinski definition) is 6. The molecule has 8 heteroatoms. The second kappa shape index (κ2) is 11.7. The number of likely N-dealkylation sites (tertiary alicyclic amines) is 1. The number of thioether (sulfide) groups is 1. The average molecular weight is 589 g/mol. The van der Waals surface area contributed by atoms with E-state index in [2.05, 4.69) is 13.2 Å². The van der Waals surface area contributed by atoms with Gasteiger partial charge in [0.25, 0.3) is 5.91 Å². The molecule has 42 heavy (non-hydrogen) atoms. The molecule has 3 saturated heterocycles. The normalized spacial score (nSPS) is 28.3. The van der Waals surface area contributed by atoms with E-state index in [0.717, 1.165) is 22.4 Å². The Morgan fingerprint density at radius 1 is 1.12 bits per heavy atom. The molecule has 2 amide bonds. The molecule has 3 fully saturated rings. The number of ether oxygens (including phenoxy) is 1. The van der Waals surface area contributed by atoms with Crippen LogP contribution in [0.4, 0.5) is 5.69 Å². The molecule has 2 aromatic carbocycles. The summed E-state index contributed by atoms with van der Waals surface area (Å²) in [7, 11) is 0. The number of rotatable bonds is 11. The van der Waals surface area contributed by atoms with Crippen LogP contribution in [0.15, 0.2) is 73.8 Å². The fourth-order valence-electron chi connectivity index (χ4n) is 7.56. The number of hydrogen-bond donors (Lipinski definition) is 1. The zero-order chi connectivity index (χ0) is 30.2. The minimum Gasteiger partial charge on any atom is -0.461 e. The number of amides is 2. The molecular formula is C34H40N2O5S. The van der Waals surface area contributed by atoms with Crippen LogP contribution in [0.25, 0.3) is 0 Å². The fraction of sp³-hybridized carbons (Fsp3) is 0.441. The van der Waals surface area contributed by atoms with Crippen LogP contribution in [0, 0.1) is 25.7 Å². The van der Waals surface area contributed by atoms with Gasteiger partial charge in [0, 0.05) is 17.0 Å². The first-order chi connectivity index (χ1) is 20.1. The van der Waals surface area contributed by atoms with Gasteiger partial charge in [-0.3, -0.25) is 14.4 Å². The summed E-state index contributed by atoms with van der Waals surface area (Å²) in [5.74, 6) is -2.35. The molecule has 1 spiro atoms. The van der Waals surface area contributed by atoms with Crippen molar-refractivity contribution in [1.82, 2.24) is 4.90 Å². The smallest absolute Gasteiger partial charge is 0.311 e. The highest BCUT2D eigenvalue weighted by Gasteiger charge is 2.78. The third kappa shape index (κ3) is 4.78. The predicted molar refractivity (Wildman–Crippen MR) is 166 cm³/mol. The Morgan fingerprint density at radius 3 is 2.43 bits per heavy atom. The highest BCUT2D eigenvalue weighted by molar-refractivity contribution is 8.02.